The molecule has 3 N–H and O–H groups in total. The van der Waals surface area contributed by atoms with E-state index in [2.05, 4.69) is 23.5 Å². The number of aliphatic hydroxyl groups excluding tert-OH is 1. The van der Waals surface area contributed by atoms with Crippen molar-refractivity contribution < 1.29 is 24.2 Å². The molecule has 2 atom stereocenters. The fourth-order valence-corrected chi connectivity index (χ4v) is 4.38. The van der Waals surface area contributed by atoms with Crippen molar-refractivity contribution in [3.8, 4) is 12.3 Å². The first-order valence-electron chi connectivity index (χ1n) is 14.4. The number of benzene rings is 2. The van der Waals surface area contributed by atoms with E-state index in [-0.39, 0.29) is 19.0 Å². The van der Waals surface area contributed by atoms with E-state index in [1.54, 1.807) is 45.0 Å². The molecule has 0 bridgehead atoms. The summed E-state index contributed by atoms with van der Waals surface area (Å²) < 4.78 is 5.31. The molecule has 0 heterocycles. The van der Waals surface area contributed by atoms with Gasteiger partial charge in [0.15, 0.2) is 0 Å². The summed E-state index contributed by atoms with van der Waals surface area (Å²) in [5.74, 6) is 1.62. The maximum atomic E-state index is 13.9. The van der Waals surface area contributed by atoms with Gasteiger partial charge in [0.25, 0.3) is 0 Å². The van der Waals surface area contributed by atoms with Crippen LogP contribution < -0.4 is 10.6 Å². The van der Waals surface area contributed by atoms with Gasteiger partial charge >= 0.3 is 6.09 Å². The van der Waals surface area contributed by atoms with Crippen LogP contribution in [0.25, 0.3) is 0 Å². The Balaban J connectivity index is 2.40. The predicted octanol–water partition coefficient (Wildman–Crippen LogP) is 5.10. The molecule has 222 valence electrons. The number of alkyl carbamates (subject to hydrolysis) is 1. The highest BCUT2D eigenvalue weighted by atomic mass is 16.6. The van der Waals surface area contributed by atoms with E-state index < -0.39 is 36.3 Å². The van der Waals surface area contributed by atoms with Gasteiger partial charge in [-0.25, -0.2) is 4.79 Å². The first-order valence-corrected chi connectivity index (χ1v) is 14.4. The lowest BCUT2D eigenvalue weighted by atomic mass is 10.0. The van der Waals surface area contributed by atoms with Crippen LogP contribution >= 0.6 is 0 Å². The van der Waals surface area contributed by atoms with Gasteiger partial charge in [-0.1, -0.05) is 87.4 Å². The molecule has 8 nitrogen and oxygen atoms in total. The van der Waals surface area contributed by atoms with Crippen LogP contribution in [-0.4, -0.2) is 52.7 Å². The minimum absolute atomic E-state index is 0.262. The number of hydrogen-bond acceptors (Lipinski definition) is 5. The molecular formula is C33H45N3O5. The van der Waals surface area contributed by atoms with Crippen molar-refractivity contribution in [3.63, 3.8) is 0 Å². The predicted molar refractivity (Wildman–Crippen MR) is 161 cm³/mol. The Morgan fingerprint density at radius 3 is 2.20 bits per heavy atom. The van der Waals surface area contributed by atoms with Gasteiger partial charge in [0.2, 0.25) is 11.8 Å². The van der Waals surface area contributed by atoms with E-state index in [9.17, 15) is 19.5 Å². The molecule has 2 aromatic rings. The monoisotopic (exact) mass is 563 g/mol. The number of carbonyl (C=O) groups is 3. The van der Waals surface area contributed by atoms with E-state index in [0.29, 0.717) is 17.5 Å². The van der Waals surface area contributed by atoms with Gasteiger partial charge in [-0.05, 0) is 50.5 Å². The van der Waals surface area contributed by atoms with Crippen LogP contribution in [-0.2, 0) is 20.9 Å². The normalized spacial score (nSPS) is 12.5. The molecule has 3 amide bonds. The average molecular weight is 564 g/mol. The van der Waals surface area contributed by atoms with Crippen molar-refractivity contribution in [2.24, 2.45) is 0 Å². The van der Waals surface area contributed by atoms with Crippen LogP contribution in [0.4, 0.5) is 4.79 Å². The lowest BCUT2D eigenvalue weighted by Crippen LogP contribution is -2.54. The van der Waals surface area contributed by atoms with Crippen molar-refractivity contribution in [2.75, 3.05) is 13.2 Å². The molecule has 0 aliphatic heterocycles. The molecule has 0 radical (unpaired) electrons. The molecule has 2 rings (SSSR count). The SMILES string of the molecule is C#Cc1ccc(C(C(=O)NCc2ccccc2)N(CCCCCCCC)C(=O)C(CO)NC(=O)OC(C)(C)C)cc1. The maximum absolute atomic E-state index is 13.9. The second kappa shape index (κ2) is 17.1. The second-order valence-corrected chi connectivity index (χ2v) is 11.1. The number of ether oxygens (including phenoxy) is 1. The number of terminal acetylenes is 1. The van der Waals surface area contributed by atoms with E-state index in [1.165, 1.54) is 4.90 Å². The van der Waals surface area contributed by atoms with Crippen LogP contribution in [0.1, 0.15) is 89.0 Å². The quantitative estimate of drug-likeness (QED) is 0.206. The summed E-state index contributed by atoms with van der Waals surface area (Å²) in [7, 11) is 0. The second-order valence-electron chi connectivity index (χ2n) is 11.1. The third kappa shape index (κ3) is 11.7. The highest BCUT2D eigenvalue weighted by molar-refractivity contribution is 5.92. The van der Waals surface area contributed by atoms with Crippen LogP contribution in [0.2, 0.25) is 0 Å². The molecule has 0 aliphatic carbocycles. The average Bonchev–Trinajstić information content (AvgIpc) is 2.95. The molecule has 2 aromatic carbocycles. The van der Waals surface area contributed by atoms with Crippen molar-refractivity contribution >= 4 is 17.9 Å². The number of aliphatic hydroxyl groups is 1. The summed E-state index contributed by atoms with van der Waals surface area (Å²) in [5.41, 5.74) is 1.34. The molecule has 2 unspecified atom stereocenters. The summed E-state index contributed by atoms with van der Waals surface area (Å²) >= 11 is 0. The summed E-state index contributed by atoms with van der Waals surface area (Å²) in [5, 5.41) is 15.6. The third-order valence-corrected chi connectivity index (χ3v) is 6.47. The standard InChI is InChI=1S/C33H45N3O5/c1-6-8-9-10-11-15-22-36(31(39)28(24-37)35-32(40)41-33(3,4)5)29(27-20-18-25(7-2)19-21-27)30(38)34-23-26-16-13-12-14-17-26/h2,12-14,16-21,28-29,37H,6,8-11,15,22-24H2,1,3-5H3,(H,34,38)(H,35,40). The van der Waals surface area contributed by atoms with Crippen molar-refractivity contribution in [3.05, 3.63) is 71.3 Å². The van der Waals surface area contributed by atoms with Gasteiger partial charge in [-0.15, -0.1) is 6.42 Å². The number of hydrogen-bond donors (Lipinski definition) is 3. The Morgan fingerprint density at radius 1 is 0.976 bits per heavy atom. The van der Waals surface area contributed by atoms with Gasteiger partial charge in [0.05, 0.1) is 6.61 Å². The number of amides is 3. The molecule has 41 heavy (non-hydrogen) atoms. The van der Waals surface area contributed by atoms with E-state index in [4.69, 9.17) is 11.2 Å². The zero-order valence-electron chi connectivity index (χ0n) is 24.8. The molecule has 0 fully saturated rings. The van der Waals surface area contributed by atoms with E-state index in [0.717, 1.165) is 37.7 Å². The van der Waals surface area contributed by atoms with E-state index in [1.807, 2.05) is 30.3 Å². The highest BCUT2D eigenvalue weighted by Crippen LogP contribution is 2.24. The lowest BCUT2D eigenvalue weighted by molar-refractivity contribution is -0.143. The number of unbranched alkanes of at least 4 members (excludes halogenated alkanes) is 5. The van der Waals surface area contributed by atoms with Crippen LogP contribution in [0.5, 0.6) is 0 Å². The summed E-state index contributed by atoms with van der Waals surface area (Å²) in [6, 6.07) is 14.1. The minimum Gasteiger partial charge on any atom is -0.444 e. The van der Waals surface area contributed by atoms with Crippen molar-refractivity contribution in [1.82, 2.24) is 15.5 Å². The fraction of sp³-hybridized carbons (Fsp3) is 0.485. The number of carbonyl (C=O) groups excluding carboxylic acids is 3. The minimum atomic E-state index is -1.29. The summed E-state index contributed by atoms with van der Waals surface area (Å²) in [4.78, 5) is 41.7. The van der Waals surface area contributed by atoms with Crippen LogP contribution in [0.3, 0.4) is 0 Å². The van der Waals surface area contributed by atoms with Gasteiger partial charge < -0.3 is 25.4 Å². The largest absolute Gasteiger partial charge is 0.444 e. The Morgan fingerprint density at radius 2 is 1.61 bits per heavy atom. The van der Waals surface area contributed by atoms with Gasteiger partial charge in [0.1, 0.15) is 17.7 Å². The summed E-state index contributed by atoms with van der Waals surface area (Å²) in [6.07, 6.45) is 10.6. The zero-order valence-corrected chi connectivity index (χ0v) is 24.8. The van der Waals surface area contributed by atoms with Crippen LogP contribution in [0, 0.1) is 12.3 Å². The Bertz CT molecular complexity index is 1140. The van der Waals surface area contributed by atoms with Crippen molar-refractivity contribution in [2.45, 2.75) is 90.4 Å². The third-order valence-electron chi connectivity index (χ3n) is 6.47. The van der Waals surface area contributed by atoms with E-state index >= 15 is 0 Å². The smallest absolute Gasteiger partial charge is 0.408 e. The highest BCUT2D eigenvalue weighted by Gasteiger charge is 2.35. The first-order chi connectivity index (χ1) is 19.6. The fourth-order valence-electron chi connectivity index (χ4n) is 4.38. The Kier molecular flexibility index (Phi) is 13.9. The molecule has 0 saturated heterocycles. The maximum Gasteiger partial charge on any atom is 0.408 e. The number of nitrogens with one attached hydrogen (secondary N) is 2. The molecular weight excluding hydrogens is 518 g/mol. The zero-order chi connectivity index (χ0) is 30.3. The number of rotatable bonds is 15. The lowest BCUT2D eigenvalue weighted by Gasteiger charge is -2.34. The molecule has 0 aromatic heterocycles. The topological polar surface area (TPSA) is 108 Å². The molecule has 8 heteroatoms. The Hall–Kier alpha value is -3.83. The number of nitrogens with zero attached hydrogens (tertiary/aromatic N) is 1. The Labute approximate surface area is 244 Å². The summed E-state index contributed by atoms with van der Waals surface area (Å²) in [6.45, 7) is 7.16. The molecule has 0 aliphatic rings. The van der Waals surface area contributed by atoms with Gasteiger partial charge in [-0.3, -0.25) is 9.59 Å². The molecule has 0 saturated carbocycles. The van der Waals surface area contributed by atoms with Gasteiger partial charge in [-0.2, -0.15) is 0 Å². The first kappa shape index (κ1) is 33.4. The van der Waals surface area contributed by atoms with Crippen molar-refractivity contribution in [1.29, 1.82) is 0 Å². The van der Waals surface area contributed by atoms with Gasteiger partial charge in [0, 0.05) is 18.7 Å². The molecule has 0 spiro atoms. The van der Waals surface area contributed by atoms with Crippen LogP contribution in [0.15, 0.2) is 54.6 Å².